The predicted octanol–water partition coefficient (Wildman–Crippen LogP) is 3.85. The topological polar surface area (TPSA) is 49.3 Å². The Bertz CT molecular complexity index is 585. The number of halogens is 2. The zero-order valence-electron chi connectivity index (χ0n) is 9.11. The average Bonchev–Trinajstić information content (AvgIpc) is 2.76. The molecule has 0 atom stereocenters. The van der Waals surface area contributed by atoms with Crippen LogP contribution in [0, 0.1) is 5.82 Å². The van der Waals surface area contributed by atoms with E-state index in [9.17, 15) is 9.18 Å². The molecule has 0 aliphatic carbocycles. The van der Waals surface area contributed by atoms with E-state index in [1.165, 1.54) is 12.1 Å². The van der Waals surface area contributed by atoms with Crippen molar-refractivity contribution in [3.05, 3.63) is 50.9 Å². The summed E-state index contributed by atoms with van der Waals surface area (Å²) in [6, 6.07) is 5.99. The number of anilines is 1. The van der Waals surface area contributed by atoms with Crippen LogP contribution in [0.5, 0.6) is 0 Å². The molecule has 0 bridgehead atoms. The largest absolute Gasteiger partial charge is 0.477 e. The van der Waals surface area contributed by atoms with Gasteiger partial charge in [-0.25, -0.2) is 9.18 Å². The molecule has 2 rings (SSSR count). The average molecular weight is 286 g/mol. The first-order valence-electron chi connectivity index (χ1n) is 5.06. The third-order valence-electron chi connectivity index (χ3n) is 2.34. The lowest BCUT2D eigenvalue weighted by Crippen LogP contribution is -2.05. The number of benzene rings is 1. The molecule has 1 aromatic heterocycles. The number of thiophene rings is 1. The lowest BCUT2D eigenvalue weighted by molar-refractivity contribution is 0.0701. The van der Waals surface area contributed by atoms with E-state index in [0.29, 0.717) is 16.3 Å². The van der Waals surface area contributed by atoms with Gasteiger partial charge < -0.3 is 10.4 Å². The molecule has 3 nitrogen and oxygen atoms in total. The van der Waals surface area contributed by atoms with Gasteiger partial charge in [-0.05, 0) is 35.2 Å². The SMILES string of the molecule is O=C(O)c1sccc1CNc1ccc(Cl)cc1F. The standard InChI is InChI=1S/C12H9ClFNO2S/c13-8-1-2-10(9(14)5-8)15-6-7-3-4-18-11(7)12(16)17/h1-5,15H,6H2,(H,16,17). The highest BCUT2D eigenvalue weighted by atomic mass is 35.5. The highest BCUT2D eigenvalue weighted by molar-refractivity contribution is 7.12. The number of nitrogens with one attached hydrogen (secondary N) is 1. The van der Waals surface area contributed by atoms with E-state index >= 15 is 0 Å². The highest BCUT2D eigenvalue weighted by Crippen LogP contribution is 2.22. The van der Waals surface area contributed by atoms with Gasteiger partial charge in [-0.3, -0.25) is 0 Å². The molecule has 18 heavy (non-hydrogen) atoms. The summed E-state index contributed by atoms with van der Waals surface area (Å²) in [7, 11) is 0. The molecule has 94 valence electrons. The van der Waals surface area contributed by atoms with Crippen molar-refractivity contribution in [3.8, 4) is 0 Å². The molecule has 1 aromatic carbocycles. The van der Waals surface area contributed by atoms with Crippen LogP contribution in [-0.4, -0.2) is 11.1 Å². The van der Waals surface area contributed by atoms with Crippen LogP contribution in [0.4, 0.5) is 10.1 Å². The molecule has 0 saturated carbocycles. The molecule has 0 spiro atoms. The number of rotatable bonds is 4. The minimum Gasteiger partial charge on any atom is -0.477 e. The van der Waals surface area contributed by atoms with Crippen LogP contribution in [0.25, 0.3) is 0 Å². The quantitative estimate of drug-likeness (QED) is 0.897. The molecular weight excluding hydrogens is 277 g/mol. The third kappa shape index (κ3) is 2.80. The van der Waals surface area contributed by atoms with Gasteiger partial charge in [0.15, 0.2) is 0 Å². The van der Waals surface area contributed by atoms with Crippen molar-refractivity contribution in [3.63, 3.8) is 0 Å². The number of hydrogen-bond acceptors (Lipinski definition) is 3. The van der Waals surface area contributed by atoms with Crippen LogP contribution in [0.3, 0.4) is 0 Å². The Morgan fingerprint density at radius 3 is 2.89 bits per heavy atom. The van der Waals surface area contributed by atoms with E-state index in [4.69, 9.17) is 16.7 Å². The normalized spacial score (nSPS) is 10.3. The Morgan fingerprint density at radius 2 is 2.22 bits per heavy atom. The minimum atomic E-state index is -0.974. The molecule has 2 aromatic rings. The van der Waals surface area contributed by atoms with E-state index in [1.807, 2.05) is 0 Å². The molecular formula is C12H9ClFNO2S. The van der Waals surface area contributed by atoms with Gasteiger partial charge in [0.05, 0.1) is 5.69 Å². The van der Waals surface area contributed by atoms with Crippen LogP contribution < -0.4 is 5.32 Å². The van der Waals surface area contributed by atoms with Crippen molar-refractivity contribution in [1.82, 2.24) is 0 Å². The van der Waals surface area contributed by atoms with E-state index in [0.717, 1.165) is 11.3 Å². The van der Waals surface area contributed by atoms with E-state index in [1.54, 1.807) is 17.5 Å². The van der Waals surface area contributed by atoms with E-state index in [-0.39, 0.29) is 11.4 Å². The summed E-state index contributed by atoms with van der Waals surface area (Å²) < 4.78 is 13.5. The van der Waals surface area contributed by atoms with Crippen molar-refractivity contribution < 1.29 is 14.3 Å². The van der Waals surface area contributed by atoms with Gasteiger partial charge >= 0.3 is 5.97 Å². The summed E-state index contributed by atoms with van der Waals surface area (Å²) >= 11 is 6.78. The summed E-state index contributed by atoms with van der Waals surface area (Å²) in [4.78, 5) is 11.2. The van der Waals surface area contributed by atoms with Crippen molar-refractivity contribution in [1.29, 1.82) is 0 Å². The molecule has 0 aliphatic heterocycles. The van der Waals surface area contributed by atoms with Gasteiger partial charge in [0.2, 0.25) is 0 Å². The van der Waals surface area contributed by atoms with Crippen molar-refractivity contribution in [2.45, 2.75) is 6.54 Å². The summed E-state index contributed by atoms with van der Waals surface area (Å²) in [5.41, 5.74) is 0.920. The molecule has 0 aliphatic rings. The fourth-order valence-electron chi connectivity index (χ4n) is 1.49. The van der Waals surface area contributed by atoms with E-state index in [2.05, 4.69) is 5.32 Å². The summed E-state index contributed by atoms with van der Waals surface area (Å²) in [5, 5.41) is 13.8. The van der Waals surface area contributed by atoms with Gasteiger partial charge in [0.1, 0.15) is 10.7 Å². The van der Waals surface area contributed by atoms with Crippen molar-refractivity contribution in [2.75, 3.05) is 5.32 Å². The Balaban J connectivity index is 2.11. The zero-order chi connectivity index (χ0) is 13.1. The van der Waals surface area contributed by atoms with Gasteiger partial charge in [0, 0.05) is 11.6 Å². The van der Waals surface area contributed by atoms with Crippen LogP contribution in [0.2, 0.25) is 5.02 Å². The first-order valence-corrected chi connectivity index (χ1v) is 6.32. The fourth-order valence-corrected chi connectivity index (χ4v) is 2.41. The van der Waals surface area contributed by atoms with Crippen LogP contribution in [-0.2, 0) is 6.54 Å². The number of carboxylic acids is 1. The van der Waals surface area contributed by atoms with Gasteiger partial charge in [-0.15, -0.1) is 11.3 Å². The summed E-state index contributed by atoms with van der Waals surface area (Å²) in [6.07, 6.45) is 0. The maximum atomic E-state index is 13.5. The van der Waals surface area contributed by atoms with Crippen molar-refractivity contribution >= 4 is 34.6 Å². The molecule has 6 heteroatoms. The third-order valence-corrected chi connectivity index (χ3v) is 3.52. The summed E-state index contributed by atoms with van der Waals surface area (Å²) in [5.74, 6) is -1.44. The number of aromatic carboxylic acids is 1. The van der Waals surface area contributed by atoms with E-state index < -0.39 is 11.8 Å². The molecule has 0 amide bonds. The molecule has 0 saturated heterocycles. The molecule has 0 radical (unpaired) electrons. The summed E-state index contributed by atoms with van der Waals surface area (Å²) in [6.45, 7) is 0.254. The molecule has 2 N–H and O–H groups in total. The van der Waals surface area contributed by atoms with Gasteiger partial charge in [-0.2, -0.15) is 0 Å². The second-order valence-corrected chi connectivity index (χ2v) is 4.91. The first kappa shape index (κ1) is 12.9. The predicted molar refractivity (Wildman–Crippen MR) is 70.0 cm³/mol. The number of hydrogen-bond donors (Lipinski definition) is 2. The highest BCUT2D eigenvalue weighted by Gasteiger charge is 2.11. The van der Waals surface area contributed by atoms with Gasteiger partial charge in [-0.1, -0.05) is 11.6 Å². The Hall–Kier alpha value is -1.59. The fraction of sp³-hybridized carbons (Fsp3) is 0.0833. The number of carbonyl (C=O) groups is 1. The molecule has 1 heterocycles. The Labute approximate surface area is 112 Å². The number of carboxylic acid groups (broad SMARTS) is 1. The van der Waals surface area contributed by atoms with Gasteiger partial charge in [0.25, 0.3) is 0 Å². The maximum Gasteiger partial charge on any atom is 0.346 e. The first-order chi connectivity index (χ1) is 8.58. The van der Waals surface area contributed by atoms with Crippen LogP contribution >= 0.6 is 22.9 Å². The lowest BCUT2D eigenvalue weighted by atomic mass is 10.2. The van der Waals surface area contributed by atoms with Crippen molar-refractivity contribution in [2.24, 2.45) is 0 Å². The van der Waals surface area contributed by atoms with Crippen LogP contribution in [0.15, 0.2) is 29.6 Å². The van der Waals surface area contributed by atoms with Crippen LogP contribution in [0.1, 0.15) is 15.2 Å². The Morgan fingerprint density at radius 1 is 1.44 bits per heavy atom. The molecule has 0 unspecified atom stereocenters. The zero-order valence-corrected chi connectivity index (χ0v) is 10.7. The second kappa shape index (κ2) is 5.37. The monoisotopic (exact) mass is 285 g/mol. The lowest BCUT2D eigenvalue weighted by Gasteiger charge is -2.07. The molecule has 0 fully saturated rings. The second-order valence-electron chi connectivity index (χ2n) is 3.56. The maximum absolute atomic E-state index is 13.5. The Kier molecular flexibility index (Phi) is 3.84. The minimum absolute atomic E-state index is 0.254. The smallest absolute Gasteiger partial charge is 0.346 e.